The van der Waals surface area contributed by atoms with E-state index in [0.717, 1.165) is 42.2 Å². The number of aromatic nitrogens is 2. The molecule has 2 heterocycles. The zero-order valence-corrected chi connectivity index (χ0v) is 18.2. The van der Waals surface area contributed by atoms with Crippen molar-refractivity contribution in [2.24, 2.45) is 0 Å². The first-order valence-corrected chi connectivity index (χ1v) is 10.9. The Hall–Kier alpha value is -3.06. The summed E-state index contributed by atoms with van der Waals surface area (Å²) in [5.41, 5.74) is 4.82. The zero-order valence-electron chi connectivity index (χ0n) is 18.2. The Balaban J connectivity index is 1.68. The summed E-state index contributed by atoms with van der Waals surface area (Å²) in [7, 11) is 0. The Labute approximate surface area is 181 Å². The Kier molecular flexibility index (Phi) is 5.87. The monoisotopic (exact) mass is 424 g/mol. The van der Waals surface area contributed by atoms with Gasteiger partial charge < -0.3 is 25.3 Å². The number of halogens is 1. The van der Waals surface area contributed by atoms with Gasteiger partial charge in [-0.05, 0) is 50.6 Å². The van der Waals surface area contributed by atoms with Crippen molar-refractivity contribution in [3.05, 3.63) is 58.2 Å². The Bertz CT molecular complexity index is 1150. The van der Waals surface area contributed by atoms with Gasteiger partial charge in [-0.2, -0.15) is 0 Å². The van der Waals surface area contributed by atoms with Crippen LogP contribution in [0.2, 0.25) is 0 Å². The molecular weight excluding hydrogens is 395 g/mol. The summed E-state index contributed by atoms with van der Waals surface area (Å²) in [6, 6.07) is 4.73. The normalized spacial score (nSPS) is 13.5. The van der Waals surface area contributed by atoms with E-state index in [1.165, 1.54) is 6.07 Å². The van der Waals surface area contributed by atoms with Crippen molar-refractivity contribution in [2.75, 3.05) is 26.2 Å². The highest BCUT2D eigenvalue weighted by Gasteiger charge is 2.28. The Morgan fingerprint density at radius 1 is 1.26 bits per heavy atom. The number of H-pyrrole nitrogens is 2. The molecular formula is C24H29FN4O2. The maximum atomic E-state index is 14.6. The molecule has 1 amide bonds. The summed E-state index contributed by atoms with van der Waals surface area (Å²) in [6.07, 6.45) is 3.42. The number of rotatable bonds is 7. The molecule has 1 aliphatic rings. The molecule has 4 rings (SSSR count). The highest BCUT2D eigenvalue weighted by atomic mass is 19.1. The van der Waals surface area contributed by atoms with Crippen molar-refractivity contribution in [1.82, 2.24) is 20.2 Å². The minimum atomic E-state index is -0.394. The third-order valence-corrected chi connectivity index (χ3v) is 6.16. The van der Waals surface area contributed by atoms with Gasteiger partial charge in [-0.25, -0.2) is 4.39 Å². The van der Waals surface area contributed by atoms with E-state index in [2.05, 4.69) is 34.0 Å². The van der Waals surface area contributed by atoms with Crippen molar-refractivity contribution in [2.45, 2.75) is 33.6 Å². The minimum absolute atomic E-state index is 0.0725. The fraction of sp³-hybridized carbons (Fsp3) is 0.375. The van der Waals surface area contributed by atoms with Gasteiger partial charge in [0, 0.05) is 29.7 Å². The molecule has 31 heavy (non-hydrogen) atoms. The smallest absolute Gasteiger partial charge is 0.253 e. The molecule has 2 aromatic heterocycles. The number of nitrogens with zero attached hydrogens (tertiary/aromatic N) is 1. The molecule has 0 aliphatic heterocycles. The van der Waals surface area contributed by atoms with E-state index in [1.54, 1.807) is 12.1 Å². The number of aryl methyl sites for hydroxylation is 1. The van der Waals surface area contributed by atoms with Gasteiger partial charge in [0.2, 0.25) is 0 Å². The average Bonchev–Trinajstić information content (AvgIpc) is 3.27. The van der Waals surface area contributed by atoms with Crippen molar-refractivity contribution < 1.29 is 14.3 Å². The molecule has 1 aromatic carbocycles. The second kappa shape index (κ2) is 8.59. The summed E-state index contributed by atoms with van der Waals surface area (Å²) in [5, 5.41) is 14.0. The zero-order chi connectivity index (χ0) is 22.1. The molecule has 0 bridgehead atoms. The molecule has 0 fully saturated rings. The number of nitrogens with one attached hydrogen (secondary N) is 3. The molecule has 6 nitrogen and oxygen atoms in total. The molecule has 164 valence electrons. The molecule has 3 aromatic rings. The van der Waals surface area contributed by atoms with E-state index < -0.39 is 5.82 Å². The topological polar surface area (TPSA) is 84.2 Å². The van der Waals surface area contributed by atoms with Gasteiger partial charge in [-0.1, -0.05) is 26.0 Å². The van der Waals surface area contributed by atoms with Gasteiger partial charge in [-0.15, -0.1) is 0 Å². The van der Waals surface area contributed by atoms with Gasteiger partial charge in [0.1, 0.15) is 5.82 Å². The lowest BCUT2D eigenvalue weighted by atomic mass is 9.89. The third-order valence-electron chi connectivity index (χ3n) is 6.16. The van der Waals surface area contributed by atoms with Crippen LogP contribution in [0, 0.1) is 12.7 Å². The molecule has 0 atom stereocenters. The van der Waals surface area contributed by atoms with Crippen LogP contribution in [-0.2, 0) is 6.42 Å². The van der Waals surface area contributed by atoms with E-state index in [4.69, 9.17) is 0 Å². The molecule has 0 spiro atoms. The maximum Gasteiger partial charge on any atom is 0.253 e. The first-order valence-electron chi connectivity index (χ1n) is 10.9. The van der Waals surface area contributed by atoms with Crippen molar-refractivity contribution in [3.63, 3.8) is 0 Å². The number of hydrogen-bond acceptors (Lipinski definition) is 3. The van der Waals surface area contributed by atoms with Crippen LogP contribution in [0.1, 0.15) is 53.1 Å². The molecule has 0 saturated carbocycles. The maximum absolute atomic E-state index is 14.6. The minimum Gasteiger partial charge on any atom is -0.494 e. The second-order valence-electron chi connectivity index (χ2n) is 7.93. The lowest BCUT2D eigenvalue weighted by Gasteiger charge is -2.18. The van der Waals surface area contributed by atoms with Gasteiger partial charge in [0.25, 0.3) is 5.91 Å². The number of carbonyl (C=O) groups is 1. The number of aromatic hydroxyl groups is 1. The van der Waals surface area contributed by atoms with Crippen LogP contribution in [0.3, 0.4) is 0 Å². The fourth-order valence-electron chi connectivity index (χ4n) is 4.56. The van der Waals surface area contributed by atoms with E-state index in [1.807, 2.05) is 13.0 Å². The van der Waals surface area contributed by atoms with Crippen LogP contribution in [0.25, 0.3) is 16.5 Å². The number of hydrogen-bond donors (Lipinski definition) is 4. The molecule has 0 radical (unpaired) electrons. The third kappa shape index (κ3) is 3.74. The highest BCUT2D eigenvalue weighted by Crippen LogP contribution is 2.42. The predicted octanol–water partition coefficient (Wildman–Crippen LogP) is 4.10. The number of likely N-dealkylation sites (N-methyl/N-ethyl adjacent to an activating group) is 1. The summed E-state index contributed by atoms with van der Waals surface area (Å²) in [4.78, 5) is 21.5. The largest absolute Gasteiger partial charge is 0.494 e. The quantitative estimate of drug-likeness (QED) is 0.461. The number of allylic oxidation sites excluding steroid dienone is 1. The SMILES string of the molecule is CCN(CC)CCNC(=O)c1c(C)[nH]c2c1CCC=C2c1c(O)[nH]c2cccc(F)c12. The first kappa shape index (κ1) is 21.2. The number of amides is 1. The van der Waals surface area contributed by atoms with Crippen LogP contribution in [0.15, 0.2) is 24.3 Å². The average molecular weight is 425 g/mol. The first-order chi connectivity index (χ1) is 15.0. The summed E-state index contributed by atoms with van der Waals surface area (Å²) in [6.45, 7) is 9.37. The molecule has 4 N–H and O–H groups in total. The number of fused-ring (bicyclic) bond motifs is 2. The van der Waals surface area contributed by atoms with E-state index >= 15 is 0 Å². The van der Waals surface area contributed by atoms with Crippen molar-refractivity contribution in [3.8, 4) is 5.88 Å². The lowest BCUT2D eigenvalue weighted by molar-refractivity contribution is 0.0947. The van der Waals surface area contributed by atoms with Crippen molar-refractivity contribution in [1.29, 1.82) is 0 Å². The summed E-state index contributed by atoms with van der Waals surface area (Å²) >= 11 is 0. The summed E-state index contributed by atoms with van der Waals surface area (Å²) in [5.74, 6) is -0.566. The van der Waals surface area contributed by atoms with Gasteiger partial charge >= 0.3 is 0 Å². The standard InChI is InChI=1S/C24H29FN4O2/c1-4-29(5-2)13-12-26-23(30)19-14(3)27-22-15(19)8-6-9-16(22)20-21-17(25)10-7-11-18(21)28-24(20)31/h7,9-11,27-28,31H,4-6,8,12-13H2,1-3H3,(H,26,30). The van der Waals surface area contributed by atoms with Crippen LogP contribution in [0.4, 0.5) is 4.39 Å². The number of aromatic amines is 2. The molecule has 0 unspecified atom stereocenters. The number of carbonyl (C=O) groups excluding carboxylic acids is 1. The predicted molar refractivity (Wildman–Crippen MR) is 121 cm³/mol. The molecule has 1 aliphatic carbocycles. The molecule has 0 saturated heterocycles. The van der Waals surface area contributed by atoms with Crippen LogP contribution >= 0.6 is 0 Å². The van der Waals surface area contributed by atoms with E-state index in [-0.39, 0.29) is 11.8 Å². The summed E-state index contributed by atoms with van der Waals surface area (Å²) < 4.78 is 14.6. The van der Waals surface area contributed by atoms with Crippen molar-refractivity contribution >= 4 is 22.4 Å². The second-order valence-corrected chi connectivity index (χ2v) is 7.93. The van der Waals surface area contributed by atoms with Crippen LogP contribution < -0.4 is 5.32 Å². The van der Waals surface area contributed by atoms with Gasteiger partial charge in [0.15, 0.2) is 5.88 Å². The van der Waals surface area contributed by atoms with Gasteiger partial charge in [-0.3, -0.25) is 4.79 Å². The highest BCUT2D eigenvalue weighted by molar-refractivity contribution is 6.03. The van der Waals surface area contributed by atoms with Crippen LogP contribution in [-0.4, -0.2) is 52.1 Å². The number of benzene rings is 1. The van der Waals surface area contributed by atoms with Crippen LogP contribution in [0.5, 0.6) is 5.88 Å². The molecule has 7 heteroatoms. The van der Waals surface area contributed by atoms with E-state index in [0.29, 0.717) is 41.4 Å². The van der Waals surface area contributed by atoms with Gasteiger partial charge in [0.05, 0.1) is 22.3 Å². The lowest BCUT2D eigenvalue weighted by Crippen LogP contribution is -2.35. The Morgan fingerprint density at radius 2 is 2.03 bits per heavy atom. The Morgan fingerprint density at radius 3 is 2.77 bits per heavy atom. The van der Waals surface area contributed by atoms with E-state index in [9.17, 15) is 14.3 Å². The fourth-order valence-corrected chi connectivity index (χ4v) is 4.56.